The highest BCUT2D eigenvalue weighted by Crippen LogP contribution is 2.21. The molecule has 1 fully saturated rings. The first kappa shape index (κ1) is 13.2. The molecule has 4 N–H and O–H groups in total. The van der Waals surface area contributed by atoms with Crippen LogP contribution in [0.4, 0.5) is 4.79 Å². The molecular weight excluding hydrogens is 210 g/mol. The fraction of sp³-hybridized carbons (Fsp3) is 0.900. The number of rotatable bonds is 2. The molecular formula is C10H21N3O3. The second-order valence-corrected chi connectivity index (χ2v) is 5.04. The number of carbonyl (C=O) groups excluding carboxylic acids is 1. The van der Waals surface area contributed by atoms with Gasteiger partial charge in [0.05, 0.1) is 12.2 Å². The second-order valence-electron chi connectivity index (χ2n) is 5.04. The summed E-state index contributed by atoms with van der Waals surface area (Å²) in [5, 5.41) is 8.77. The van der Waals surface area contributed by atoms with E-state index in [4.69, 9.17) is 15.7 Å². The van der Waals surface area contributed by atoms with Crippen molar-refractivity contribution in [1.82, 2.24) is 10.4 Å². The Balaban J connectivity index is 2.61. The van der Waals surface area contributed by atoms with E-state index in [1.807, 2.05) is 26.3 Å². The lowest BCUT2D eigenvalue weighted by molar-refractivity contribution is 0.0121. The molecule has 1 rings (SSSR count). The Bertz CT molecular complexity index is 252. The average Bonchev–Trinajstić information content (AvgIpc) is 2.62. The van der Waals surface area contributed by atoms with Crippen molar-refractivity contribution in [2.45, 2.75) is 51.4 Å². The Kier molecular flexibility index (Phi) is 4.12. The van der Waals surface area contributed by atoms with Crippen LogP contribution in [-0.2, 0) is 4.74 Å². The van der Waals surface area contributed by atoms with Gasteiger partial charge in [-0.3, -0.25) is 0 Å². The number of carbonyl (C=O) groups is 1. The molecule has 0 aliphatic carbocycles. The van der Waals surface area contributed by atoms with Gasteiger partial charge in [0.15, 0.2) is 0 Å². The summed E-state index contributed by atoms with van der Waals surface area (Å²) in [4.78, 5) is 13.4. The molecule has 0 spiro atoms. The zero-order chi connectivity index (χ0) is 12.3. The number of nitrogens with one attached hydrogen (secondary N) is 1. The number of hydroxylamine groups is 1. The number of nitrogens with zero attached hydrogens (tertiary/aromatic N) is 1. The highest BCUT2D eigenvalue weighted by Gasteiger charge is 2.35. The molecule has 1 aliphatic rings. The second kappa shape index (κ2) is 4.99. The van der Waals surface area contributed by atoms with Crippen molar-refractivity contribution < 1.29 is 14.7 Å². The van der Waals surface area contributed by atoms with Gasteiger partial charge in [-0.2, -0.15) is 5.48 Å². The summed E-state index contributed by atoms with van der Waals surface area (Å²) in [5.74, 6) is 0. The minimum Gasteiger partial charge on any atom is -0.444 e. The van der Waals surface area contributed by atoms with E-state index in [1.165, 1.54) is 0 Å². The maximum atomic E-state index is 11.8. The van der Waals surface area contributed by atoms with Gasteiger partial charge >= 0.3 is 6.09 Å². The summed E-state index contributed by atoms with van der Waals surface area (Å²) in [6.07, 6.45) is 0.642. The van der Waals surface area contributed by atoms with Crippen LogP contribution in [0.3, 0.4) is 0 Å². The molecule has 1 heterocycles. The molecule has 0 saturated carbocycles. The van der Waals surface area contributed by atoms with Gasteiger partial charge in [-0.05, 0) is 33.6 Å². The first-order chi connectivity index (χ1) is 7.35. The van der Waals surface area contributed by atoms with Gasteiger partial charge < -0.3 is 20.6 Å². The Labute approximate surface area is 95.7 Å². The lowest BCUT2D eigenvalue weighted by Crippen LogP contribution is -2.53. The van der Waals surface area contributed by atoms with E-state index >= 15 is 0 Å². The summed E-state index contributed by atoms with van der Waals surface area (Å²) < 4.78 is 5.27. The Morgan fingerprint density at radius 3 is 2.75 bits per heavy atom. The van der Waals surface area contributed by atoms with Crippen molar-refractivity contribution in [2.24, 2.45) is 5.73 Å². The molecule has 0 bridgehead atoms. The van der Waals surface area contributed by atoms with Crippen molar-refractivity contribution in [2.75, 3.05) is 6.54 Å². The van der Waals surface area contributed by atoms with E-state index in [0.29, 0.717) is 6.54 Å². The van der Waals surface area contributed by atoms with Crippen molar-refractivity contribution >= 4 is 6.09 Å². The van der Waals surface area contributed by atoms with Crippen LogP contribution >= 0.6 is 0 Å². The van der Waals surface area contributed by atoms with Crippen LogP contribution < -0.4 is 11.2 Å². The zero-order valence-electron chi connectivity index (χ0n) is 10.1. The Hall–Kier alpha value is -0.850. The highest BCUT2D eigenvalue weighted by atomic mass is 16.6. The summed E-state index contributed by atoms with van der Waals surface area (Å²) in [5.41, 5.74) is 7.13. The topological polar surface area (TPSA) is 87.8 Å². The molecule has 6 heteroatoms. The number of hydrogen-bond donors (Lipinski definition) is 3. The van der Waals surface area contributed by atoms with Gasteiger partial charge in [-0.25, -0.2) is 4.79 Å². The summed E-state index contributed by atoms with van der Waals surface area (Å²) in [7, 11) is 0. The SMILES string of the molecule is CC(C)(C)OC(=O)N1CCCC1C(N)NO. The van der Waals surface area contributed by atoms with Crippen molar-refractivity contribution in [3.8, 4) is 0 Å². The van der Waals surface area contributed by atoms with E-state index in [1.54, 1.807) is 4.90 Å². The zero-order valence-corrected chi connectivity index (χ0v) is 10.1. The van der Waals surface area contributed by atoms with Gasteiger partial charge in [0.1, 0.15) is 5.60 Å². The minimum atomic E-state index is -0.630. The molecule has 0 aromatic rings. The molecule has 0 radical (unpaired) electrons. The molecule has 0 aromatic heterocycles. The summed E-state index contributed by atoms with van der Waals surface area (Å²) in [6.45, 7) is 6.08. The third kappa shape index (κ3) is 3.33. The van der Waals surface area contributed by atoms with Crippen LogP contribution in [0.1, 0.15) is 33.6 Å². The fourth-order valence-electron chi connectivity index (χ4n) is 1.80. The minimum absolute atomic E-state index is 0.208. The lowest BCUT2D eigenvalue weighted by Gasteiger charge is -2.30. The monoisotopic (exact) mass is 231 g/mol. The maximum absolute atomic E-state index is 11.8. The third-order valence-electron chi connectivity index (χ3n) is 2.49. The average molecular weight is 231 g/mol. The van der Waals surface area contributed by atoms with Gasteiger partial charge in [-0.1, -0.05) is 0 Å². The van der Waals surface area contributed by atoms with Crippen molar-refractivity contribution in [1.29, 1.82) is 0 Å². The maximum Gasteiger partial charge on any atom is 0.410 e. The van der Waals surface area contributed by atoms with E-state index in [9.17, 15) is 4.79 Å². The van der Waals surface area contributed by atoms with Gasteiger partial charge in [0.25, 0.3) is 0 Å². The molecule has 2 atom stereocenters. The van der Waals surface area contributed by atoms with Gasteiger partial charge in [0, 0.05) is 6.54 Å². The van der Waals surface area contributed by atoms with Crippen LogP contribution in [0.15, 0.2) is 0 Å². The van der Waals surface area contributed by atoms with Crippen LogP contribution in [0.2, 0.25) is 0 Å². The molecule has 1 saturated heterocycles. The van der Waals surface area contributed by atoms with E-state index < -0.39 is 11.8 Å². The molecule has 1 amide bonds. The molecule has 94 valence electrons. The molecule has 6 nitrogen and oxygen atoms in total. The van der Waals surface area contributed by atoms with Crippen LogP contribution in [0.25, 0.3) is 0 Å². The molecule has 1 aliphatic heterocycles. The van der Waals surface area contributed by atoms with E-state index in [-0.39, 0.29) is 12.1 Å². The number of ether oxygens (including phenoxy) is 1. The van der Waals surface area contributed by atoms with Crippen molar-refractivity contribution in [3.05, 3.63) is 0 Å². The predicted octanol–water partition coefficient (Wildman–Crippen LogP) is 0.650. The summed E-state index contributed by atoms with van der Waals surface area (Å²) >= 11 is 0. The molecule has 16 heavy (non-hydrogen) atoms. The van der Waals surface area contributed by atoms with E-state index in [0.717, 1.165) is 12.8 Å². The fourth-order valence-corrected chi connectivity index (χ4v) is 1.80. The number of hydrogen-bond acceptors (Lipinski definition) is 5. The smallest absolute Gasteiger partial charge is 0.410 e. The highest BCUT2D eigenvalue weighted by molar-refractivity contribution is 5.69. The number of amides is 1. The number of nitrogens with two attached hydrogens (primary N) is 1. The first-order valence-corrected chi connectivity index (χ1v) is 5.50. The first-order valence-electron chi connectivity index (χ1n) is 5.50. The number of likely N-dealkylation sites (tertiary alicyclic amines) is 1. The lowest BCUT2D eigenvalue weighted by atomic mass is 10.2. The standard InChI is InChI=1S/C10H21N3O3/c1-10(2,3)16-9(14)13-6-4-5-7(13)8(11)12-15/h7-8,12,15H,4-6,11H2,1-3H3. The van der Waals surface area contributed by atoms with Crippen molar-refractivity contribution in [3.63, 3.8) is 0 Å². The Morgan fingerprint density at radius 1 is 1.62 bits per heavy atom. The predicted molar refractivity (Wildman–Crippen MR) is 58.9 cm³/mol. The van der Waals surface area contributed by atoms with E-state index in [2.05, 4.69) is 0 Å². The molecule has 0 aromatic carbocycles. The van der Waals surface area contributed by atoms with Gasteiger partial charge in [-0.15, -0.1) is 0 Å². The Morgan fingerprint density at radius 2 is 2.25 bits per heavy atom. The quantitative estimate of drug-likeness (QED) is 0.479. The van der Waals surface area contributed by atoms with Crippen LogP contribution in [0.5, 0.6) is 0 Å². The van der Waals surface area contributed by atoms with Crippen LogP contribution in [-0.4, -0.2) is 40.6 Å². The summed E-state index contributed by atoms with van der Waals surface area (Å²) in [6, 6.07) is -0.208. The molecule has 2 unspecified atom stereocenters. The normalized spacial score (nSPS) is 23.3. The third-order valence-corrected chi connectivity index (χ3v) is 2.49. The largest absolute Gasteiger partial charge is 0.444 e. The van der Waals surface area contributed by atoms with Gasteiger partial charge in [0.2, 0.25) is 0 Å². The van der Waals surface area contributed by atoms with Crippen LogP contribution in [0, 0.1) is 0 Å².